The van der Waals surface area contributed by atoms with Crippen molar-refractivity contribution in [2.24, 2.45) is 4.99 Å². The summed E-state index contributed by atoms with van der Waals surface area (Å²) in [5.74, 6) is 0.121. The number of aromatic nitrogens is 1. The topological polar surface area (TPSA) is 69.9 Å². The maximum absolute atomic E-state index is 13.5. The number of benzene rings is 2. The molecule has 1 aromatic heterocycles. The molecule has 0 N–H and O–H groups in total. The van der Waals surface area contributed by atoms with Crippen molar-refractivity contribution >= 4 is 35.0 Å². The first-order chi connectivity index (χ1) is 15.5. The molecule has 4 rings (SSSR count). The van der Waals surface area contributed by atoms with Crippen molar-refractivity contribution in [1.29, 1.82) is 0 Å². The van der Waals surface area contributed by atoms with Gasteiger partial charge in [0, 0.05) is 5.02 Å². The van der Waals surface area contributed by atoms with Gasteiger partial charge in [0.1, 0.15) is 5.75 Å². The van der Waals surface area contributed by atoms with Gasteiger partial charge < -0.3 is 9.47 Å². The Morgan fingerprint density at radius 3 is 2.62 bits per heavy atom. The number of ether oxygens (including phenoxy) is 2. The standard InChI is InChI=1S/C24H21ClN2O4S/c1-4-18-20(23(29)31-3)21(15-6-5-7-17(13-15)30-2)27-22(28)19(32-24(27)26-18)12-14-8-10-16(25)11-9-14/h5-13,21H,4H2,1-3H3/b19-12-/t21-/m1/s1. The van der Waals surface area contributed by atoms with Crippen molar-refractivity contribution in [2.45, 2.75) is 19.4 Å². The summed E-state index contributed by atoms with van der Waals surface area (Å²) in [7, 11) is 2.90. The van der Waals surface area contributed by atoms with Crippen LogP contribution in [0.25, 0.3) is 6.08 Å². The SMILES string of the molecule is CCC1=C(C(=O)OC)[C@@H](c2cccc(OC)c2)n2c(s/c(=C\c3ccc(Cl)cc3)c2=O)=N1. The number of methoxy groups -OCH3 is 2. The van der Waals surface area contributed by atoms with E-state index in [0.29, 0.717) is 37.8 Å². The van der Waals surface area contributed by atoms with E-state index in [1.165, 1.54) is 18.4 Å². The predicted octanol–water partition coefficient (Wildman–Crippen LogP) is 3.46. The van der Waals surface area contributed by atoms with Crippen molar-refractivity contribution in [3.63, 3.8) is 0 Å². The first-order valence-electron chi connectivity index (χ1n) is 9.99. The molecule has 8 heteroatoms. The lowest BCUT2D eigenvalue weighted by atomic mass is 9.94. The summed E-state index contributed by atoms with van der Waals surface area (Å²) in [4.78, 5) is 31.5. The number of fused-ring (bicyclic) bond motifs is 1. The highest BCUT2D eigenvalue weighted by molar-refractivity contribution is 7.07. The summed E-state index contributed by atoms with van der Waals surface area (Å²) in [6.45, 7) is 1.92. The number of carbonyl (C=O) groups excluding carboxylic acids is 1. The maximum Gasteiger partial charge on any atom is 0.338 e. The Morgan fingerprint density at radius 2 is 1.97 bits per heavy atom. The Kier molecular flexibility index (Phi) is 6.30. The van der Waals surface area contributed by atoms with Crippen LogP contribution in [0.4, 0.5) is 0 Å². The molecule has 0 saturated carbocycles. The van der Waals surface area contributed by atoms with E-state index in [1.54, 1.807) is 29.9 Å². The smallest absolute Gasteiger partial charge is 0.338 e. The van der Waals surface area contributed by atoms with Crippen LogP contribution in [-0.4, -0.2) is 24.8 Å². The van der Waals surface area contributed by atoms with Gasteiger partial charge in [-0.1, -0.05) is 54.1 Å². The Hall–Kier alpha value is -3.16. The lowest BCUT2D eigenvalue weighted by molar-refractivity contribution is -0.136. The number of esters is 1. The van der Waals surface area contributed by atoms with Crippen LogP contribution in [0.5, 0.6) is 5.75 Å². The molecular weight excluding hydrogens is 448 g/mol. The Bertz CT molecular complexity index is 1390. The third-order valence-corrected chi connectivity index (χ3v) is 6.46. The molecule has 1 aliphatic heterocycles. The van der Waals surface area contributed by atoms with Gasteiger partial charge in [-0.2, -0.15) is 0 Å². The van der Waals surface area contributed by atoms with Gasteiger partial charge >= 0.3 is 5.97 Å². The third kappa shape index (κ3) is 4.01. The van der Waals surface area contributed by atoms with E-state index in [9.17, 15) is 9.59 Å². The van der Waals surface area contributed by atoms with Crippen LogP contribution >= 0.6 is 22.9 Å². The quantitative estimate of drug-likeness (QED) is 0.538. The van der Waals surface area contributed by atoms with E-state index in [-0.39, 0.29) is 5.56 Å². The first-order valence-corrected chi connectivity index (χ1v) is 11.2. The molecule has 0 amide bonds. The zero-order valence-corrected chi connectivity index (χ0v) is 19.4. The van der Waals surface area contributed by atoms with Crippen LogP contribution in [0.15, 0.2) is 69.6 Å². The number of carbonyl (C=O) groups is 1. The van der Waals surface area contributed by atoms with Crippen LogP contribution in [-0.2, 0) is 9.53 Å². The molecule has 32 heavy (non-hydrogen) atoms. The van der Waals surface area contributed by atoms with Crippen molar-refractivity contribution in [1.82, 2.24) is 4.57 Å². The zero-order chi connectivity index (χ0) is 22.8. The van der Waals surface area contributed by atoms with Crippen LogP contribution in [0.3, 0.4) is 0 Å². The fraction of sp³-hybridized carbons (Fsp3) is 0.208. The minimum absolute atomic E-state index is 0.229. The fourth-order valence-corrected chi connectivity index (χ4v) is 4.85. The second kappa shape index (κ2) is 9.14. The van der Waals surface area contributed by atoms with E-state index in [1.807, 2.05) is 43.3 Å². The maximum atomic E-state index is 13.5. The summed E-state index contributed by atoms with van der Waals surface area (Å²) in [6.07, 6.45) is 2.32. The highest BCUT2D eigenvalue weighted by atomic mass is 35.5. The van der Waals surface area contributed by atoms with Gasteiger partial charge in [0.05, 0.1) is 36.1 Å². The molecule has 3 aromatic rings. The fourth-order valence-electron chi connectivity index (χ4n) is 3.70. The van der Waals surface area contributed by atoms with Gasteiger partial charge in [-0.05, 0) is 47.9 Å². The molecular formula is C24H21ClN2O4S. The summed E-state index contributed by atoms with van der Waals surface area (Å²) in [5.41, 5.74) is 2.32. The predicted molar refractivity (Wildman–Crippen MR) is 125 cm³/mol. The molecule has 0 unspecified atom stereocenters. The van der Waals surface area contributed by atoms with Gasteiger partial charge in [0.2, 0.25) is 0 Å². The number of nitrogens with zero attached hydrogens (tertiary/aromatic N) is 2. The molecule has 1 atom stereocenters. The monoisotopic (exact) mass is 468 g/mol. The molecule has 0 bridgehead atoms. The van der Waals surface area contributed by atoms with Gasteiger partial charge in [-0.25, -0.2) is 9.79 Å². The second-order valence-corrected chi connectivity index (χ2v) is 8.56. The molecule has 2 heterocycles. The molecule has 0 fully saturated rings. The number of halogens is 1. The highest BCUT2D eigenvalue weighted by Gasteiger charge is 2.34. The molecule has 164 valence electrons. The number of hydrogen-bond acceptors (Lipinski definition) is 6. The first kappa shape index (κ1) is 22.0. The minimum atomic E-state index is -0.670. The van der Waals surface area contributed by atoms with Crippen molar-refractivity contribution in [3.8, 4) is 5.75 Å². The van der Waals surface area contributed by atoms with Crippen LogP contribution < -0.4 is 19.6 Å². The molecule has 0 spiro atoms. The second-order valence-electron chi connectivity index (χ2n) is 7.12. The zero-order valence-electron chi connectivity index (χ0n) is 17.8. The Labute approximate surface area is 193 Å². The average molecular weight is 469 g/mol. The van der Waals surface area contributed by atoms with Gasteiger partial charge in [-0.15, -0.1) is 0 Å². The average Bonchev–Trinajstić information content (AvgIpc) is 3.13. The molecule has 6 nitrogen and oxygen atoms in total. The number of thiazole rings is 1. The lowest BCUT2D eigenvalue weighted by Gasteiger charge is -2.25. The van der Waals surface area contributed by atoms with Crippen molar-refractivity contribution in [3.05, 3.63) is 95.6 Å². The Morgan fingerprint density at radius 1 is 1.22 bits per heavy atom. The van der Waals surface area contributed by atoms with Crippen molar-refractivity contribution in [2.75, 3.05) is 14.2 Å². The number of hydrogen-bond donors (Lipinski definition) is 0. The van der Waals surface area contributed by atoms with E-state index in [4.69, 9.17) is 21.1 Å². The number of rotatable bonds is 5. The molecule has 0 radical (unpaired) electrons. The molecule has 0 aliphatic carbocycles. The van der Waals surface area contributed by atoms with Gasteiger partial charge in [0.15, 0.2) is 4.80 Å². The van der Waals surface area contributed by atoms with Gasteiger partial charge in [0.25, 0.3) is 5.56 Å². The lowest BCUT2D eigenvalue weighted by Crippen LogP contribution is -2.40. The minimum Gasteiger partial charge on any atom is -0.497 e. The largest absolute Gasteiger partial charge is 0.497 e. The van der Waals surface area contributed by atoms with E-state index in [0.717, 1.165) is 11.1 Å². The van der Waals surface area contributed by atoms with Crippen LogP contribution in [0.1, 0.15) is 30.5 Å². The van der Waals surface area contributed by atoms with Crippen LogP contribution in [0.2, 0.25) is 5.02 Å². The third-order valence-electron chi connectivity index (χ3n) is 5.23. The molecule has 1 aliphatic rings. The van der Waals surface area contributed by atoms with Crippen molar-refractivity contribution < 1.29 is 14.3 Å². The molecule has 0 saturated heterocycles. The van der Waals surface area contributed by atoms with Crippen LogP contribution in [0, 0.1) is 0 Å². The summed E-state index contributed by atoms with van der Waals surface area (Å²) in [6, 6.07) is 13.9. The summed E-state index contributed by atoms with van der Waals surface area (Å²) < 4.78 is 12.5. The summed E-state index contributed by atoms with van der Waals surface area (Å²) in [5, 5.41) is 0.622. The van der Waals surface area contributed by atoms with Gasteiger partial charge in [-0.3, -0.25) is 9.36 Å². The van der Waals surface area contributed by atoms with E-state index >= 15 is 0 Å². The normalized spacial score (nSPS) is 15.9. The highest BCUT2D eigenvalue weighted by Crippen LogP contribution is 2.33. The van der Waals surface area contributed by atoms with E-state index in [2.05, 4.69) is 4.99 Å². The van der Waals surface area contributed by atoms with E-state index < -0.39 is 12.0 Å². The Balaban J connectivity index is 2.00. The molecule has 2 aromatic carbocycles. The summed E-state index contributed by atoms with van der Waals surface area (Å²) >= 11 is 7.27. The number of allylic oxidation sites excluding steroid dienone is 1.